The van der Waals surface area contributed by atoms with Gasteiger partial charge in [0.15, 0.2) is 23.7 Å². The second kappa shape index (κ2) is 8.89. The number of fused-ring (bicyclic) bond motifs is 5. The van der Waals surface area contributed by atoms with Crippen molar-refractivity contribution in [1.82, 2.24) is 0 Å². The molecule has 8 atom stereocenters. The summed E-state index contributed by atoms with van der Waals surface area (Å²) in [6, 6.07) is 0. The van der Waals surface area contributed by atoms with Crippen molar-refractivity contribution in [2.75, 3.05) is 6.61 Å². The summed E-state index contributed by atoms with van der Waals surface area (Å²) in [6.07, 6.45) is 4.32. The minimum Gasteiger partial charge on any atom is -0.457 e. The molecule has 0 aromatic heterocycles. The van der Waals surface area contributed by atoms with Crippen molar-refractivity contribution in [1.29, 1.82) is 0 Å². The van der Waals surface area contributed by atoms with Crippen LogP contribution in [0.25, 0.3) is 0 Å². The third-order valence-corrected chi connectivity index (χ3v) is 9.81. The van der Waals surface area contributed by atoms with E-state index in [4.69, 9.17) is 9.47 Å². The molecule has 0 saturated heterocycles. The zero-order chi connectivity index (χ0) is 26.7. The van der Waals surface area contributed by atoms with Gasteiger partial charge in [-0.1, -0.05) is 39.3 Å². The van der Waals surface area contributed by atoms with Gasteiger partial charge in [0.1, 0.15) is 0 Å². The number of hydrogen-bond acceptors (Lipinski definition) is 7. The van der Waals surface area contributed by atoms with Crippen molar-refractivity contribution in [2.45, 2.75) is 90.5 Å². The summed E-state index contributed by atoms with van der Waals surface area (Å²) in [4.78, 5) is 50.3. The summed E-state index contributed by atoms with van der Waals surface area (Å²) in [7, 11) is 0. The maximum atomic E-state index is 17.4. The van der Waals surface area contributed by atoms with Gasteiger partial charge in [0.2, 0.25) is 5.78 Å². The van der Waals surface area contributed by atoms with Gasteiger partial charge >= 0.3 is 11.9 Å². The molecular formula is C28H37FO7. The number of halogens is 1. The Labute approximate surface area is 211 Å². The third-order valence-electron chi connectivity index (χ3n) is 9.81. The molecule has 4 aliphatic carbocycles. The van der Waals surface area contributed by atoms with Crippen LogP contribution in [-0.4, -0.2) is 52.6 Å². The molecule has 1 N–H and O–H groups in total. The number of carbonyl (C=O) groups is 4. The molecular weight excluding hydrogens is 467 g/mol. The van der Waals surface area contributed by atoms with E-state index in [0.717, 1.165) is 0 Å². The average molecular weight is 505 g/mol. The van der Waals surface area contributed by atoms with Crippen molar-refractivity contribution in [3.8, 4) is 0 Å². The molecule has 0 bridgehead atoms. The first-order valence-electron chi connectivity index (χ1n) is 13.0. The lowest BCUT2D eigenvalue weighted by molar-refractivity contribution is -0.228. The number of rotatable bonds is 6. The number of ketones is 2. The smallest absolute Gasteiger partial charge is 0.306 e. The van der Waals surface area contributed by atoms with E-state index in [2.05, 4.69) is 0 Å². The van der Waals surface area contributed by atoms with E-state index in [9.17, 15) is 24.3 Å². The quantitative estimate of drug-likeness (QED) is 0.548. The number of alkyl halides is 1. The highest BCUT2D eigenvalue weighted by molar-refractivity contribution is 6.01. The number of Topliss-reactive ketones (excluding diaryl/α,β-unsaturated/α-hetero) is 1. The highest BCUT2D eigenvalue weighted by atomic mass is 19.1. The summed E-state index contributed by atoms with van der Waals surface area (Å²) in [5, 5.41) is 11.5. The molecule has 0 amide bonds. The van der Waals surface area contributed by atoms with E-state index >= 15 is 4.39 Å². The van der Waals surface area contributed by atoms with Gasteiger partial charge in [-0.3, -0.25) is 19.2 Å². The SMILES string of the molecule is CCC(=O)OCC(=O)[C@@]1(OC(=O)CC)C(C)CC2C3CCC4=CC(=O)C=C[C@]4(C)C3(F)C(O)C[C@@]21C. The first-order chi connectivity index (χ1) is 16.8. The maximum absolute atomic E-state index is 17.4. The number of allylic oxidation sites excluding steroid dienone is 4. The Hall–Kier alpha value is -2.35. The maximum Gasteiger partial charge on any atom is 0.306 e. The number of esters is 2. The minimum atomic E-state index is -2.05. The van der Waals surface area contributed by atoms with Crippen LogP contribution in [0.4, 0.5) is 4.39 Å². The third kappa shape index (κ3) is 3.39. The predicted octanol–water partition coefficient (Wildman–Crippen LogP) is 3.82. The molecule has 198 valence electrons. The Morgan fingerprint density at radius 3 is 2.44 bits per heavy atom. The molecule has 0 heterocycles. The Bertz CT molecular complexity index is 1050. The van der Waals surface area contributed by atoms with E-state index < -0.39 is 64.4 Å². The molecule has 4 aliphatic rings. The van der Waals surface area contributed by atoms with E-state index in [-0.39, 0.29) is 31.0 Å². The summed E-state index contributed by atoms with van der Waals surface area (Å²) >= 11 is 0. The van der Waals surface area contributed by atoms with Crippen LogP contribution >= 0.6 is 0 Å². The zero-order valence-electron chi connectivity index (χ0n) is 21.8. The first kappa shape index (κ1) is 26.7. The number of aliphatic hydroxyl groups is 1. The van der Waals surface area contributed by atoms with Crippen LogP contribution in [0, 0.1) is 28.6 Å². The number of ether oxygens (including phenoxy) is 2. The van der Waals surface area contributed by atoms with Crippen molar-refractivity contribution in [2.24, 2.45) is 28.6 Å². The lowest BCUT2D eigenvalue weighted by Gasteiger charge is -2.62. The summed E-state index contributed by atoms with van der Waals surface area (Å²) in [6.45, 7) is 8.05. The van der Waals surface area contributed by atoms with Gasteiger partial charge in [-0.2, -0.15) is 0 Å². The molecule has 3 fully saturated rings. The number of carbonyl (C=O) groups excluding carboxylic acids is 4. The lowest BCUT2D eigenvalue weighted by Crippen LogP contribution is -2.70. The van der Waals surface area contributed by atoms with Crippen LogP contribution in [0.2, 0.25) is 0 Å². The van der Waals surface area contributed by atoms with Gasteiger partial charge in [-0.15, -0.1) is 0 Å². The van der Waals surface area contributed by atoms with Crippen LogP contribution in [0.3, 0.4) is 0 Å². The van der Waals surface area contributed by atoms with Crippen molar-refractivity contribution >= 4 is 23.5 Å². The summed E-state index contributed by atoms with van der Waals surface area (Å²) in [5.41, 5.74) is -5.26. The second-order valence-corrected chi connectivity index (χ2v) is 11.4. The van der Waals surface area contributed by atoms with E-state index in [1.165, 1.54) is 12.2 Å². The molecule has 3 saturated carbocycles. The Kier molecular flexibility index (Phi) is 6.60. The lowest BCUT2D eigenvalue weighted by atomic mass is 9.44. The largest absolute Gasteiger partial charge is 0.457 e. The number of hydrogen-bond donors (Lipinski definition) is 1. The molecule has 0 aromatic rings. The molecule has 0 aromatic carbocycles. The molecule has 0 spiro atoms. The average Bonchev–Trinajstić information content (AvgIpc) is 3.05. The summed E-state index contributed by atoms with van der Waals surface area (Å²) < 4.78 is 28.5. The van der Waals surface area contributed by atoms with Gasteiger partial charge in [0.05, 0.1) is 6.10 Å². The highest BCUT2D eigenvalue weighted by Crippen LogP contribution is 2.71. The standard InChI is InChI=1S/C28H37FO7/c1-6-23(33)35-15-22(32)28(36-24(34)7-2)16(3)12-20-19-9-8-17-13-18(30)10-11-25(17,4)27(19,29)21(31)14-26(20,28)5/h10-11,13,16,19-21,31H,6-9,12,14-15H2,1-5H3/t16?,19?,20?,21?,25-,26-,27?,28-/m0/s1. The van der Waals surface area contributed by atoms with Gasteiger partial charge < -0.3 is 14.6 Å². The van der Waals surface area contributed by atoms with E-state index in [1.54, 1.807) is 33.8 Å². The second-order valence-electron chi connectivity index (χ2n) is 11.4. The van der Waals surface area contributed by atoms with Crippen molar-refractivity contribution in [3.05, 3.63) is 23.8 Å². The number of aliphatic hydroxyl groups excluding tert-OH is 1. The van der Waals surface area contributed by atoms with Crippen LogP contribution in [0.1, 0.15) is 73.1 Å². The molecule has 5 unspecified atom stereocenters. The monoisotopic (exact) mass is 504 g/mol. The molecule has 0 aliphatic heterocycles. The molecule has 0 radical (unpaired) electrons. The van der Waals surface area contributed by atoms with Crippen LogP contribution < -0.4 is 0 Å². The fraction of sp³-hybridized carbons (Fsp3) is 0.714. The first-order valence-corrected chi connectivity index (χ1v) is 13.0. The Balaban J connectivity index is 1.80. The van der Waals surface area contributed by atoms with Gasteiger partial charge in [0, 0.05) is 35.5 Å². The minimum absolute atomic E-state index is 0.0430. The molecule has 36 heavy (non-hydrogen) atoms. The van der Waals surface area contributed by atoms with Gasteiger partial charge in [-0.25, -0.2) is 4.39 Å². The van der Waals surface area contributed by atoms with Gasteiger partial charge in [0.25, 0.3) is 0 Å². The Morgan fingerprint density at radius 2 is 1.81 bits per heavy atom. The topological polar surface area (TPSA) is 107 Å². The zero-order valence-corrected chi connectivity index (χ0v) is 21.8. The van der Waals surface area contributed by atoms with Gasteiger partial charge in [-0.05, 0) is 50.7 Å². The molecule has 4 rings (SSSR count). The summed E-state index contributed by atoms with van der Waals surface area (Å²) in [5.74, 6) is -3.31. The fourth-order valence-corrected chi connectivity index (χ4v) is 8.01. The van der Waals surface area contributed by atoms with E-state index in [1.807, 2.05) is 6.92 Å². The molecule has 7 nitrogen and oxygen atoms in total. The van der Waals surface area contributed by atoms with E-state index in [0.29, 0.717) is 24.8 Å². The van der Waals surface area contributed by atoms with Crippen LogP contribution in [0.15, 0.2) is 23.8 Å². The predicted molar refractivity (Wildman–Crippen MR) is 128 cm³/mol. The Morgan fingerprint density at radius 1 is 1.14 bits per heavy atom. The van der Waals surface area contributed by atoms with Crippen LogP contribution in [0.5, 0.6) is 0 Å². The fourth-order valence-electron chi connectivity index (χ4n) is 8.01. The van der Waals surface area contributed by atoms with Crippen molar-refractivity contribution in [3.63, 3.8) is 0 Å². The highest BCUT2D eigenvalue weighted by Gasteiger charge is 2.77. The van der Waals surface area contributed by atoms with Crippen LogP contribution in [-0.2, 0) is 28.7 Å². The normalized spacial score (nSPS) is 43.1. The molecule has 8 heteroatoms. The van der Waals surface area contributed by atoms with Crippen molar-refractivity contribution < 1.29 is 38.1 Å².